The molecule has 0 aliphatic carbocycles. The fourth-order valence-corrected chi connectivity index (χ4v) is 1.12. The van der Waals surface area contributed by atoms with Crippen molar-refractivity contribution in [1.29, 1.82) is 0 Å². The minimum absolute atomic E-state index is 0.189. The minimum atomic E-state index is -0.956. The van der Waals surface area contributed by atoms with Gasteiger partial charge in [0.15, 0.2) is 17.4 Å². The van der Waals surface area contributed by atoms with Crippen molar-refractivity contribution in [2.24, 2.45) is 0 Å². The van der Waals surface area contributed by atoms with E-state index in [0.29, 0.717) is 5.52 Å². The zero-order chi connectivity index (χ0) is 8.72. The molecule has 1 aromatic carbocycles. The predicted molar refractivity (Wildman–Crippen MR) is 39.9 cm³/mol. The lowest BCUT2D eigenvalue weighted by Gasteiger charge is -1.97. The molecule has 0 amide bonds. The van der Waals surface area contributed by atoms with Crippen LogP contribution in [0.3, 0.4) is 0 Å². The summed E-state index contributed by atoms with van der Waals surface area (Å²) in [4.78, 5) is 2.64. The van der Waals surface area contributed by atoms with Gasteiger partial charge in [0.25, 0.3) is 0 Å². The van der Waals surface area contributed by atoms with Gasteiger partial charge < -0.3 is 10.1 Å². The van der Waals surface area contributed by atoms with Gasteiger partial charge in [-0.2, -0.15) is 0 Å². The van der Waals surface area contributed by atoms with Crippen LogP contribution in [0, 0.1) is 11.6 Å². The molecule has 2 aromatic rings. The first-order valence-corrected chi connectivity index (χ1v) is 3.34. The Morgan fingerprint density at radius 2 is 2.08 bits per heavy atom. The third-order valence-corrected chi connectivity index (χ3v) is 1.72. The molecular weight excluding hydrogens is 164 g/mol. The van der Waals surface area contributed by atoms with E-state index in [1.54, 1.807) is 0 Å². The Morgan fingerprint density at radius 1 is 1.33 bits per heavy atom. The summed E-state index contributed by atoms with van der Waals surface area (Å²) in [6, 6.07) is 2.48. The predicted octanol–water partition coefficient (Wildman–Crippen LogP) is 2.15. The summed E-state index contributed by atoms with van der Waals surface area (Å²) in [6.45, 7) is 0. The average molecular weight is 169 g/mol. The van der Waals surface area contributed by atoms with Crippen LogP contribution in [-0.2, 0) is 0 Å². The van der Waals surface area contributed by atoms with Gasteiger partial charge in [0, 0.05) is 17.6 Å². The highest BCUT2D eigenvalue weighted by Crippen LogP contribution is 2.27. The lowest BCUT2D eigenvalue weighted by Crippen LogP contribution is -1.83. The van der Waals surface area contributed by atoms with Crippen molar-refractivity contribution < 1.29 is 13.9 Å². The number of hydrogen-bond acceptors (Lipinski definition) is 1. The van der Waals surface area contributed by atoms with E-state index in [9.17, 15) is 8.78 Å². The molecule has 0 saturated carbocycles. The van der Waals surface area contributed by atoms with Crippen LogP contribution in [0.5, 0.6) is 5.75 Å². The first kappa shape index (κ1) is 7.09. The Morgan fingerprint density at radius 3 is 2.83 bits per heavy atom. The van der Waals surface area contributed by atoms with Crippen LogP contribution in [-0.4, -0.2) is 10.1 Å². The maximum Gasteiger partial charge on any atom is 0.188 e. The SMILES string of the molecule is Oc1c(F)cc2[nH]ccc2c1F. The highest BCUT2D eigenvalue weighted by atomic mass is 19.1. The molecule has 4 heteroatoms. The van der Waals surface area contributed by atoms with Crippen molar-refractivity contribution in [2.75, 3.05) is 0 Å². The molecule has 0 unspecified atom stereocenters. The minimum Gasteiger partial charge on any atom is -0.503 e. The van der Waals surface area contributed by atoms with E-state index in [1.165, 1.54) is 12.3 Å². The molecule has 0 bridgehead atoms. The maximum atomic E-state index is 13.0. The number of H-pyrrole nitrogens is 1. The summed E-state index contributed by atoms with van der Waals surface area (Å²) in [5, 5.41) is 9.05. The third kappa shape index (κ3) is 0.777. The zero-order valence-electron chi connectivity index (χ0n) is 5.94. The van der Waals surface area contributed by atoms with Gasteiger partial charge in [-0.25, -0.2) is 8.78 Å². The summed E-state index contributed by atoms with van der Waals surface area (Å²) < 4.78 is 25.7. The molecule has 2 N–H and O–H groups in total. The number of benzene rings is 1. The molecular formula is C8H5F2NO. The van der Waals surface area contributed by atoms with Crippen molar-refractivity contribution in [3.63, 3.8) is 0 Å². The van der Waals surface area contributed by atoms with Crippen molar-refractivity contribution in [1.82, 2.24) is 4.98 Å². The number of aromatic amines is 1. The molecule has 0 radical (unpaired) electrons. The van der Waals surface area contributed by atoms with Crippen LogP contribution in [0.2, 0.25) is 0 Å². The van der Waals surface area contributed by atoms with Crippen molar-refractivity contribution in [3.8, 4) is 5.75 Å². The quantitative estimate of drug-likeness (QED) is 0.622. The van der Waals surface area contributed by atoms with Gasteiger partial charge in [-0.05, 0) is 6.07 Å². The normalized spacial score (nSPS) is 10.8. The van der Waals surface area contributed by atoms with E-state index in [-0.39, 0.29) is 5.39 Å². The Bertz CT molecular complexity index is 436. The van der Waals surface area contributed by atoms with Crippen LogP contribution in [0.25, 0.3) is 10.9 Å². The average Bonchev–Trinajstić information content (AvgIpc) is 2.48. The van der Waals surface area contributed by atoms with Gasteiger partial charge in [-0.1, -0.05) is 0 Å². The zero-order valence-corrected chi connectivity index (χ0v) is 5.94. The second kappa shape index (κ2) is 2.20. The van der Waals surface area contributed by atoms with Crippen molar-refractivity contribution in [3.05, 3.63) is 30.0 Å². The standard InChI is InChI=1S/C8H5F2NO/c9-5-3-6-4(1-2-11-6)7(10)8(5)12/h1-3,11-12H. The van der Waals surface area contributed by atoms with Crippen molar-refractivity contribution in [2.45, 2.75) is 0 Å². The number of rotatable bonds is 0. The van der Waals surface area contributed by atoms with E-state index < -0.39 is 17.4 Å². The third-order valence-electron chi connectivity index (χ3n) is 1.72. The maximum absolute atomic E-state index is 13.0. The Kier molecular flexibility index (Phi) is 1.30. The molecule has 1 heterocycles. The summed E-state index contributed by atoms with van der Waals surface area (Å²) in [5.41, 5.74) is 0.336. The number of hydrogen-bond donors (Lipinski definition) is 2. The molecule has 1 aromatic heterocycles. The number of phenolic OH excluding ortho intramolecular Hbond substituents is 1. The van der Waals surface area contributed by atoms with Crippen LogP contribution in [0.1, 0.15) is 0 Å². The Labute approximate surface area is 66.4 Å². The number of aromatic nitrogens is 1. The second-order valence-corrected chi connectivity index (χ2v) is 2.46. The molecule has 62 valence electrons. The number of halogens is 2. The second-order valence-electron chi connectivity index (χ2n) is 2.46. The number of fused-ring (bicyclic) bond motifs is 1. The highest BCUT2D eigenvalue weighted by molar-refractivity contribution is 5.81. The first-order valence-electron chi connectivity index (χ1n) is 3.34. The fraction of sp³-hybridized carbons (Fsp3) is 0. The van der Waals surface area contributed by atoms with Crippen molar-refractivity contribution >= 4 is 10.9 Å². The summed E-state index contributed by atoms with van der Waals surface area (Å²) in [6.07, 6.45) is 1.48. The lowest BCUT2D eigenvalue weighted by molar-refractivity contribution is 0.400. The lowest BCUT2D eigenvalue weighted by atomic mass is 10.2. The molecule has 0 aliphatic heterocycles. The summed E-state index contributed by atoms with van der Waals surface area (Å²) in [7, 11) is 0. The molecule has 2 rings (SSSR count). The van der Waals surface area contributed by atoms with Crippen LogP contribution in [0.4, 0.5) is 8.78 Å². The fourth-order valence-electron chi connectivity index (χ4n) is 1.12. The molecule has 0 fully saturated rings. The van der Waals surface area contributed by atoms with Crippen LogP contribution >= 0.6 is 0 Å². The van der Waals surface area contributed by atoms with E-state index in [1.807, 2.05) is 0 Å². The number of nitrogens with one attached hydrogen (secondary N) is 1. The van der Waals surface area contributed by atoms with E-state index in [2.05, 4.69) is 4.98 Å². The summed E-state index contributed by atoms with van der Waals surface area (Å²) in [5.74, 6) is -2.81. The molecule has 12 heavy (non-hydrogen) atoms. The van der Waals surface area contributed by atoms with Gasteiger partial charge >= 0.3 is 0 Å². The highest BCUT2D eigenvalue weighted by Gasteiger charge is 2.12. The molecule has 0 aliphatic rings. The van der Waals surface area contributed by atoms with Gasteiger partial charge in [-0.15, -0.1) is 0 Å². The molecule has 0 spiro atoms. The van der Waals surface area contributed by atoms with E-state index in [4.69, 9.17) is 5.11 Å². The monoisotopic (exact) mass is 169 g/mol. The Hall–Kier alpha value is -1.58. The van der Waals surface area contributed by atoms with Gasteiger partial charge in [-0.3, -0.25) is 0 Å². The number of aromatic hydroxyl groups is 1. The van der Waals surface area contributed by atoms with E-state index >= 15 is 0 Å². The van der Waals surface area contributed by atoms with Gasteiger partial charge in [0.1, 0.15) is 0 Å². The molecule has 0 saturated heterocycles. The summed E-state index contributed by atoms with van der Waals surface area (Å²) >= 11 is 0. The topological polar surface area (TPSA) is 36.0 Å². The largest absolute Gasteiger partial charge is 0.503 e. The number of phenols is 1. The van der Waals surface area contributed by atoms with Gasteiger partial charge in [0.05, 0.1) is 5.52 Å². The van der Waals surface area contributed by atoms with Crippen LogP contribution in [0.15, 0.2) is 18.3 Å². The molecule has 0 atom stereocenters. The van der Waals surface area contributed by atoms with Gasteiger partial charge in [0.2, 0.25) is 0 Å². The first-order chi connectivity index (χ1) is 5.70. The smallest absolute Gasteiger partial charge is 0.188 e. The molecule has 2 nitrogen and oxygen atoms in total. The van der Waals surface area contributed by atoms with E-state index in [0.717, 1.165) is 6.07 Å². The van der Waals surface area contributed by atoms with Crippen LogP contribution < -0.4 is 0 Å². The Balaban J connectivity index is 2.94.